The molecule has 0 bridgehead atoms. The lowest BCUT2D eigenvalue weighted by Gasteiger charge is -2.30. The number of hydrogen-bond acceptors (Lipinski definition) is 2. The predicted molar refractivity (Wildman–Crippen MR) is 146 cm³/mol. The molecule has 0 heterocycles. The van der Waals surface area contributed by atoms with Crippen LogP contribution in [0.2, 0.25) is 5.02 Å². The predicted octanol–water partition coefficient (Wildman–Crippen LogP) is 7.78. The van der Waals surface area contributed by atoms with Crippen LogP contribution in [0.25, 0.3) is 0 Å². The zero-order valence-corrected chi connectivity index (χ0v) is 21.1. The summed E-state index contributed by atoms with van der Waals surface area (Å²) < 4.78 is 38.7. The number of hydrogen-bond donors (Lipinski definition) is 4. The van der Waals surface area contributed by atoms with E-state index in [0.29, 0.717) is 21.8 Å². The van der Waals surface area contributed by atoms with Gasteiger partial charge in [-0.3, -0.25) is 0 Å². The summed E-state index contributed by atoms with van der Waals surface area (Å²) in [6.07, 6.45) is -4.49. The molecule has 0 aromatic heterocycles. The highest BCUT2D eigenvalue weighted by Crippen LogP contribution is 2.31. The van der Waals surface area contributed by atoms with Crippen LogP contribution in [0.15, 0.2) is 109 Å². The molecule has 0 saturated carbocycles. The zero-order valence-electron chi connectivity index (χ0n) is 20.4. The summed E-state index contributed by atoms with van der Waals surface area (Å²) in [5.74, 6) is 0. The van der Waals surface area contributed by atoms with Gasteiger partial charge in [0.1, 0.15) is 0 Å². The number of amides is 4. The van der Waals surface area contributed by atoms with Crippen molar-refractivity contribution in [1.29, 1.82) is 0 Å². The van der Waals surface area contributed by atoms with Gasteiger partial charge in [0.25, 0.3) is 0 Å². The highest BCUT2D eigenvalue weighted by atomic mass is 35.5. The molecule has 2 atom stereocenters. The van der Waals surface area contributed by atoms with Crippen molar-refractivity contribution in [3.05, 3.63) is 131 Å². The van der Waals surface area contributed by atoms with Crippen molar-refractivity contribution >= 4 is 35.0 Å². The van der Waals surface area contributed by atoms with Gasteiger partial charge in [0, 0.05) is 16.4 Å². The monoisotopic (exact) mass is 552 g/mol. The largest absolute Gasteiger partial charge is 0.416 e. The van der Waals surface area contributed by atoms with E-state index in [1.165, 1.54) is 12.1 Å². The van der Waals surface area contributed by atoms with E-state index in [1.54, 1.807) is 48.5 Å². The minimum atomic E-state index is -4.49. The molecule has 4 amide bonds. The number of halogens is 4. The van der Waals surface area contributed by atoms with E-state index in [1.807, 2.05) is 36.4 Å². The number of urea groups is 2. The van der Waals surface area contributed by atoms with Gasteiger partial charge in [-0.05, 0) is 53.6 Å². The lowest BCUT2D eigenvalue weighted by Crippen LogP contribution is -2.43. The maximum absolute atomic E-state index is 13.0. The smallest absolute Gasteiger partial charge is 0.329 e. The summed E-state index contributed by atoms with van der Waals surface area (Å²) in [5.41, 5.74) is 1.24. The maximum Gasteiger partial charge on any atom is 0.416 e. The van der Waals surface area contributed by atoms with Gasteiger partial charge in [0.15, 0.2) is 0 Å². The third-order valence-corrected chi connectivity index (χ3v) is 6.01. The Kier molecular flexibility index (Phi) is 8.73. The molecule has 0 unspecified atom stereocenters. The molecule has 4 aromatic carbocycles. The molecule has 39 heavy (non-hydrogen) atoms. The van der Waals surface area contributed by atoms with E-state index >= 15 is 0 Å². The first-order valence-electron chi connectivity index (χ1n) is 11.9. The molecular weight excluding hydrogens is 529 g/mol. The molecule has 0 aliphatic carbocycles. The number of anilines is 2. The van der Waals surface area contributed by atoms with E-state index in [4.69, 9.17) is 11.6 Å². The maximum atomic E-state index is 13.0. The highest BCUT2D eigenvalue weighted by molar-refractivity contribution is 6.30. The molecule has 0 aliphatic rings. The van der Waals surface area contributed by atoms with Crippen molar-refractivity contribution in [2.24, 2.45) is 0 Å². The van der Waals surface area contributed by atoms with Crippen LogP contribution in [0, 0.1) is 0 Å². The first-order chi connectivity index (χ1) is 18.7. The van der Waals surface area contributed by atoms with Gasteiger partial charge >= 0.3 is 18.2 Å². The van der Waals surface area contributed by atoms with Gasteiger partial charge in [-0.15, -0.1) is 0 Å². The number of carbonyl (C=O) groups is 2. The molecule has 6 nitrogen and oxygen atoms in total. The average Bonchev–Trinajstić information content (AvgIpc) is 2.91. The Balaban J connectivity index is 1.59. The lowest BCUT2D eigenvalue weighted by molar-refractivity contribution is -0.137. The fourth-order valence-corrected chi connectivity index (χ4v) is 4.15. The van der Waals surface area contributed by atoms with Crippen LogP contribution in [0.5, 0.6) is 0 Å². The minimum Gasteiger partial charge on any atom is -0.329 e. The molecule has 200 valence electrons. The lowest BCUT2D eigenvalue weighted by atomic mass is 9.93. The Labute approximate surface area is 228 Å². The fourth-order valence-electron chi connectivity index (χ4n) is 3.96. The summed E-state index contributed by atoms with van der Waals surface area (Å²) in [4.78, 5) is 26.1. The van der Waals surface area contributed by atoms with Crippen molar-refractivity contribution in [3.8, 4) is 0 Å². The SMILES string of the molecule is O=C(Nc1cccc(Cl)c1)N[C@H](c1ccccc1)[C@@H](NC(=O)Nc1ccc(C(F)(F)F)cc1)c1ccccc1. The molecule has 0 radical (unpaired) electrons. The van der Waals surface area contributed by atoms with Gasteiger partial charge in [-0.2, -0.15) is 13.2 Å². The van der Waals surface area contributed by atoms with Crippen LogP contribution in [0.4, 0.5) is 34.1 Å². The van der Waals surface area contributed by atoms with Crippen molar-refractivity contribution in [3.63, 3.8) is 0 Å². The van der Waals surface area contributed by atoms with Crippen molar-refractivity contribution in [1.82, 2.24) is 10.6 Å². The third kappa shape index (κ3) is 7.75. The van der Waals surface area contributed by atoms with E-state index in [9.17, 15) is 22.8 Å². The van der Waals surface area contributed by atoms with Gasteiger partial charge in [-0.25, -0.2) is 9.59 Å². The van der Waals surface area contributed by atoms with Crippen LogP contribution in [-0.2, 0) is 6.18 Å². The van der Waals surface area contributed by atoms with E-state index in [-0.39, 0.29) is 5.69 Å². The molecule has 10 heteroatoms. The van der Waals surface area contributed by atoms with Crippen LogP contribution < -0.4 is 21.3 Å². The quantitative estimate of drug-likeness (QED) is 0.189. The highest BCUT2D eigenvalue weighted by Gasteiger charge is 2.31. The van der Waals surface area contributed by atoms with Crippen molar-refractivity contribution < 1.29 is 22.8 Å². The molecule has 0 saturated heterocycles. The van der Waals surface area contributed by atoms with Gasteiger partial charge < -0.3 is 21.3 Å². The second-order valence-corrected chi connectivity index (χ2v) is 9.00. The Morgan fingerprint density at radius 1 is 0.615 bits per heavy atom. The van der Waals surface area contributed by atoms with Gasteiger partial charge in [0.2, 0.25) is 0 Å². The normalized spacial score (nSPS) is 12.6. The molecule has 0 spiro atoms. The standard InChI is InChI=1S/C29H24ClF3N4O2/c30-22-12-7-13-24(18-22)35-28(39)37-26(20-10-5-2-6-11-20)25(19-8-3-1-4-9-19)36-27(38)34-23-16-14-21(15-17-23)29(31,32)33/h1-18,25-26H,(H2,34,36,38)(H2,35,37,39)/t25-,26+/m0/s1. The Morgan fingerprint density at radius 3 is 1.56 bits per heavy atom. The molecule has 4 N–H and O–H groups in total. The van der Waals surface area contributed by atoms with Crippen LogP contribution >= 0.6 is 11.6 Å². The van der Waals surface area contributed by atoms with Crippen LogP contribution in [0.1, 0.15) is 28.8 Å². The van der Waals surface area contributed by atoms with E-state index in [0.717, 1.165) is 12.1 Å². The fraction of sp³-hybridized carbons (Fsp3) is 0.103. The van der Waals surface area contributed by atoms with E-state index in [2.05, 4.69) is 21.3 Å². The molecular formula is C29H24ClF3N4O2. The summed E-state index contributed by atoms with van der Waals surface area (Å²) in [5, 5.41) is 11.6. The third-order valence-electron chi connectivity index (χ3n) is 5.78. The topological polar surface area (TPSA) is 82.3 Å². The Hall–Kier alpha value is -4.50. The number of nitrogens with one attached hydrogen (secondary N) is 4. The van der Waals surface area contributed by atoms with Crippen LogP contribution in [-0.4, -0.2) is 12.1 Å². The average molecular weight is 553 g/mol. The second-order valence-electron chi connectivity index (χ2n) is 8.56. The summed E-state index contributed by atoms with van der Waals surface area (Å²) in [7, 11) is 0. The number of carbonyl (C=O) groups excluding carboxylic acids is 2. The van der Waals surface area contributed by atoms with Crippen molar-refractivity contribution in [2.45, 2.75) is 18.3 Å². The number of alkyl halides is 3. The molecule has 0 aliphatic heterocycles. The van der Waals surface area contributed by atoms with Gasteiger partial charge in [-0.1, -0.05) is 78.3 Å². The zero-order chi connectivity index (χ0) is 27.8. The van der Waals surface area contributed by atoms with E-state index < -0.39 is 35.9 Å². The summed E-state index contributed by atoms with van der Waals surface area (Å²) in [6.45, 7) is 0. The second kappa shape index (κ2) is 12.4. The van der Waals surface area contributed by atoms with Crippen molar-refractivity contribution in [2.75, 3.05) is 10.6 Å². The first-order valence-corrected chi connectivity index (χ1v) is 12.2. The van der Waals surface area contributed by atoms with Crippen LogP contribution in [0.3, 0.4) is 0 Å². The van der Waals surface area contributed by atoms with Gasteiger partial charge in [0.05, 0.1) is 17.6 Å². The molecule has 4 rings (SSSR count). The number of benzene rings is 4. The summed E-state index contributed by atoms with van der Waals surface area (Å²) >= 11 is 6.03. The summed E-state index contributed by atoms with van der Waals surface area (Å²) in [6, 6.07) is 26.2. The number of rotatable bonds is 7. The Bertz CT molecular complexity index is 1400. The first kappa shape index (κ1) is 27.5. The molecule has 0 fully saturated rings. The molecule has 4 aromatic rings. The Morgan fingerprint density at radius 2 is 1.10 bits per heavy atom. The minimum absolute atomic E-state index is 0.176.